The summed E-state index contributed by atoms with van der Waals surface area (Å²) in [7, 11) is 2.15. The highest BCUT2D eigenvalue weighted by atomic mass is 19.1. The van der Waals surface area contributed by atoms with E-state index in [1.54, 1.807) is 6.07 Å². The Morgan fingerprint density at radius 3 is 2.45 bits per heavy atom. The standard InChI is InChI=1S/C16H24FN3/c1-19-10-6-13(7-11-19)18-14-4-5-16(15(17)12-14)20-8-2-3-9-20/h4-5,12-13,18H,2-3,6-11H2,1H3. The van der Waals surface area contributed by atoms with E-state index in [1.807, 2.05) is 12.1 Å². The lowest BCUT2D eigenvalue weighted by molar-refractivity contribution is 0.264. The Bertz CT molecular complexity index is 449. The number of hydrogen-bond acceptors (Lipinski definition) is 3. The highest BCUT2D eigenvalue weighted by Crippen LogP contribution is 2.27. The first kappa shape index (κ1) is 13.7. The average molecular weight is 277 g/mol. The number of piperidine rings is 1. The van der Waals surface area contributed by atoms with E-state index in [1.165, 1.54) is 12.8 Å². The Hall–Kier alpha value is -1.29. The van der Waals surface area contributed by atoms with Crippen molar-refractivity contribution in [2.24, 2.45) is 0 Å². The molecule has 0 radical (unpaired) electrons. The summed E-state index contributed by atoms with van der Waals surface area (Å²) < 4.78 is 14.2. The van der Waals surface area contributed by atoms with Crippen LogP contribution < -0.4 is 10.2 Å². The van der Waals surface area contributed by atoms with Gasteiger partial charge in [-0.3, -0.25) is 0 Å². The van der Waals surface area contributed by atoms with Gasteiger partial charge in [-0.15, -0.1) is 0 Å². The quantitative estimate of drug-likeness (QED) is 0.916. The molecule has 3 nitrogen and oxygen atoms in total. The Labute approximate surface area is 120 Å². The van der Waals surface area contributed by atoms with Crippen LogP contribution in [0.2, 0.25) is 0 Å². The van der Waals surface area contributed by atoms with Crippen molar-refractivity contribution in [1.82, 2.24) is 4.90 Å². The van der Waals surface area contributed by atoms with Crippen molar-refractivity contribution in [3.8, 4) is 0 Å². The molecule has 20 heavy (non-hydrogen) atoms. The number of nitrogens with zero attached hydrogens (tertiary/aromatic N) is 2. The van der Waals surface area contributed by atoms with Gasteiger partial charge in [-0.05, 0) is 64.0 Å². The van der Waals surface area contributed by atoms with Crippen molar-refractivity contribution in [3.63, 3.8) is 0 Å². The summed E-state index contributed by atoms with van der Waals surface area (Å²) in [6, 6.07) is 6.09. The van der Waals surface area contributed by atoms with Crippen LogP contribution >= 0.6 is 0 Å². The Morgan fingerprint density at radius 1 is 1.10 bits per heavy atom. The second kappa shape index (κ2) is 6.00. The third-order valence-corrected chi connectivity index (χ3v) is 4.48. The topological polar surface area (TPSA) is 18.5 Å². The molecule has 0 saturated carbocycles. The zero-order valence-electron chi connectivity index (χ0n) is 12.2. The third-order valence-electron chi connectivity index (χ3n) is 4.48. The molecule has 3 rings (SSSR count). The van der Waals surface area contributed by atoms with Crippen LogP contribution in [-0.4, -0.2) is 44.2 Å². The first-order chi connectivity index (χ1) is 9.72. The predicted octanol–water partition coefficient (Wildman–Crippen LogP) is 2.93. The fourth-order valence-corrected chi connectivity index (χ4v) is 3.20. The van der Waals surface area contributed by atoms with Gasteiger partial charge in [-0.25, -0.2) is 4.39 Å². The van der Waals surface area contributed by atoms with Crippen LogP contribution in [0.3, 0.4) is 0 Å². The van der Waals surface area contributed by atoms with Gasteiger partial charge >= 0.3 is 0 Å². The summed E-state index contributed by atoms with van der Waals surface area (Å²) in [6.07, 6.45) is 4.61. The Kier molecular flexibility index (Phi) is 4.10. The largest absolute Gasteiger partial charge is 0.382 e. The van der Waals surface area contributed by atoms with Crippen LogP contribution in [0, 0.1) is 5.82 Å². The summed E-state index contributed by atoms with van der Waals surface area (Å²) >= 11 is 0. The van der Waals surface area contributed by atoms with Crippen molar-refractivity contribution >= 4 is 11.4 Å². The third kappa shape index (κ3) is 3.06. The van der Waals surface area contributed by atoms with Crippen molar-refractivity contribution in [2.75, 3.05) is 43.4 Å². The van der Waals surface area contributed by atoms with E-state index >= 15 is 0 Å². The van der Waals surface area contributed by atoms with Gasteiger partial charge in [0.15, 0.2) is 0 Å². The van der Waals surface area contributed by atoms with Gasteiger partial charge < -0.3 is 15.1 Å². The van der Waals surface area contributed by atoms with E-state index in [0.29, 0.717) is 6.04 Å². The highest BCUT2D eigenvalue weighted by Gasteiger charge is 2.18. The van der Waals surface area contributed by atoms with E-state index < -0.39 is 0 Å². The molecule has 2 saturated heterocycles. The molecule has 2 aliphatic heterocycles. The smallest absolute Gasteiger partial charge is 0.148 e. The van der Waals surface area contributed by atoms with Crippen LogP contribution in [0.15, 0.2) is 18.2 Å². The Balaban J connectivity index is 1.64. The van der Waals surface area contributed by atoms with Gasteiger partial charge in [-0.1, -0.05) is 0 Å². The lowest BCUT2D eigenvalue weighted by atomic mass is 10.1. The molecule has 1 aromatic carbocycles. The van der Waals surface area contributed by atoms with E-state index in [4.69, 9.17) is 0 Å². The molecule has 2 fully saturated rings. The zero-order valence-corrected chi connectivity index (χ0v) is 12.2. The number of likely N-dealkylation sites (tertiary alicyclic amines) is 1. The molecule has 1 aromatic rings. The van der Waals surface area contributed by atoms with Crippen LogP contribution in [0.25, 0.3) is 0 Å². The molecule has 0 unspecified atom stereocenters. The number of nitrogens with one attached hydrogen (secondary N) is 1. The fourth-order valence-electron chi connectivity index (χ4n) is 3.20. The van der Waals surface area contributed by atoms with Gasteiger partial charge in [-0.2, -0.15) is 0 Å². The summed E-state index contributed by atoms with van der Waals surface area (Å²) in [5.41, 5.74) is 1.68. The molecular weight excluding hydrogens is 253 g/mol. The first-order valence-corrected chi connectivity index (χ1v) is 7.72. The summed E-state index contributed by atoms with van der Waals surface area (Å²) in [5.74, 6) is -0.0928. The number of benzene rings is 1. The average Bonchev–Trinajstić information content (AvgIpc) is 2.95. The molecule has 2 aliphatic rings. The molecule has 0 amide bonds. The van der Waals surface area contributed by atoms with E-state index in [-0.39, 0.29) is 5.82 Å². The monoisotopic (exact) mass is 277 g/mol. The second-order valence-electron chi connectivity index (χ2n) is 6.08. The highest BCUT2D eigenvalue weighted by molar-refractivity contribution is 5.57. The maximum Gasteiger partial charge on any atom is 0.148 e. The Morgan fingerprint density at radius 2 is 1.80 bits per heavy atom. The van der Waals surface area contributed by atoms with Crippen LogP contribution in [0.4, 0.5) is 15.8 Å². The number of rotatable bonds is 3. The summed E-state index contributed by atoms with van der Waals surface area (Å²) in [4.78, 5) is 4.49. The predicted molar refractivity (Wildman–Crippen MR) is 82.0 cm³/mol. The first-order valence-electron chi connectivity index (χ1n) is 7.72. The lowest BCUT2D eigenvalue weighted by Crippen LogP contribution is -2.36. The van der Waals surface area contributed by atoms with Gasteiger partial charge in [0.1, 0.15) is 5.82 Å². The minimum absolute atomic E-state index is 0.0928. The minimum atomic E-state index is -0.0928. The molecule has 2 heterocycles. The molecule has 0 atom stereocenters. The molecular formula is C16H24FN3. The van der Waals surface area contributed by atoms with E-state index in [0.717, 1.165) is 50.4 Å². The van der Waals surface area contributed by atoms with Crippen molar-refractivity contribution in [3.05, 3.63) is 24.0 Å². The number of hydrogen-bond donors (Lipinski definition) is 1. The minimum Gasteiger partial charge on any atom is -0.382 e. The normalized spacial score (nSPS) is 21.4. The molecule has 4 heteroatoms. The van der Waals surface area contributed by atoms with Crippen molar-refractivity contribution in [1.29, 1.82) is 0 Å². The summed E-state index contributed by atoms with van der Waals surface area (Å²) in [6.45, 7) is 4.20. The van der Waals surface area contributed by atoms with E-state index in [2.05, 4.69) is 22.2 Å². The maximum absolute atomic E-state index is 14.2. The lowest BCUT2D eigenvalue weighted by Gasteiger charge is -2.30. The molecule has 110 valence electrons. The fraction of sp³-hybridized carbons (Fsp3) is 0.625. The zero-order chi connectivity index (χ0) is 13.9. The molecule has 0 spiro atoms. The van der Waals surface area contributed by atoms with Gasteiger partial charge in [0.05, 0.1) is 5.69 Å². The maximum atomic E-state index is 14.2. The van der Waals surface area contributed by atoms with Gasteiger partial charge in [0.2, 0.25) is 0 Å². The van der Waals surface area contributed by atoms with Crippen LogP contribution in [0.1, 0.15) is 25.7 Å². The van der Waals surface area contributed by atoms with Crippen LogP contribution in [0.5, 0.6) is 0 Å². The van der Waals surface area contributed by atoms with Gasteiger partial charge in [0, 0.05) is 24.8 Å². The molecule has 0 aliphatic carbocycles. The second-order valence-corrected chi connectivity index (χ2v) is 6.08. The number of anilines is 2. The summed E-state index contributed by atoms with van der Waals surface area (Å²) in [5, 5.41) is 3.47. The van der Waals surface area contributed by atoms with Crippen LogP contribution in [-0.2, 0) is 0 Å². The van der Waals surface area contributed by atoms with Crippen molar-refractivity contribution in [2.45, 2.75) is 31.7 Å². The number of halogens is 1. The van der Waals surface area contributed by atoms with Gasteiger partial charge in [0.25, 0.3) is 0 Å². The molecule has 1 N–H and O–H groups in total. The van der Waals surface area contributed by atoms with Crippen molar-refractivity contribution < 1.29 is 4.39 Å². The van der Waals surface area contributed by atoms with E-state index in [9.17, 15) is 4.39 Å². The molecule has 0 aromatic heterocycles. The molecule has 0 bridgehead atoms. The SMILES string of the molecule is CN1CCC(Nc2ccc(N3CCCC3)c(F)c2)CC1.